The van der Waals surface area contributed by atoms with Crippen LogP contribution < -0.4 is 9.64 Å². The van der Waals surface area contributed by atoms with Gasteiger partial charge in [-0.05, 0) is 36.8 Å². The molecule has 0 unspecified atom stereocenters. The lowest BCUT2D eigenvalue weighted by Crippen LogP contribution is -2.36. The quantitative estimate of drug-likeness (QED) is 0.393. The molecule has 30 heavy (non-hydrogen) atoms. The second kappa shape index (κ2) is 10.8. The van der Waals surface area contributed by atoms with Crippen LogP contribution in [0, 0.1) is 0 Å². The van der Waals surface area contributed by atoms with Gasteiger partial charge in [-0.15, -0.1) is 0 Å². The van der Waals surface area contributed by atoms with E-state index in [9.17, 15) is 9.59 Å². The Labute approximate surface area is 189 Å². The van der Waals surface area contributed by atoms with Crippen LogP contribution >= 0.6 is 35.0 Å². The molecular weight excluding hydrogens is 445 g/mol. The lowest BCUT2D eigenvalue weighted by atomic mass is 10.2. The Bertz CT molecular complexity index is 926. The molecule has 0 radical (unpaired) electrons. The van der Waals surface area contributed by atoms with Crippen molar-refractivity contribution in [3.8, 4) is 5.75 Å². The fourth-order valence-electron chi connectivity index (χ4n) is 2.91. The van der Waals surface area contributed by atoms with Crippen LogP contribution in [-0.2, 0) is 9.53 Å². The number of ether oxygens (including phenoxy) is 2. The van der Waals surface area contributed by atoms with Crippen LogP contribution in [0.5, 0.6) is 5.75 Å². The minimum atomic E-state index is -0.526. The van der Waals surface area contributed by atoms with Crippen molar-refractivity contribution in [3.63, 3.8) is 0 Å². The number of anilines is 1. The lowest BCUT2D eigenvalue weighted by Gasteiger charge is -2.24. The fraction of sp³-hybridized carbons (Fsp3) is 0.273. The van der Waals surface area contributed by atoms with Crippen molar-refractivity contribution in [1.82, 2.24) is 0 Å². The predicted octanol–water partition coefficient (Wildman–Crippen LogP) is 5.26. The van der Waals surface area contributed by atoms with Gasteiger partial charge in [-0.1, -0.05) is 47.5 Å². The van der Waals surface area contributed by atoms with Crippen LogP contribution in [0.3, 0.4) is 0 Å². The number of rotatable bonds is 8. The normalized spacial score (nSPS) is 13.0. The molecule has 5 nitrogen and oxygen atoms in total. The number of hydrogen-bond acceptors (Lipinski definition) is 5. The zero-order valence-corrected chi connectivity index (χ0v) is 18.7. The molecule has 1 amide bonds. The molecule has 0 aliphatic carbocycles. The smallest absolute Gasteiger partial charge is 0.338 e. The molecule has 0 N–H and O–H groups in total. The summed E-state index contributed by atoms with van der Waals surface area (Å²) >= 11 is 14.3. The number of amides is 1. The molecule has 0 spiro atoms. The van der Waals surface area contributed by atoms with E-state index < -0.39 is 5.97 Å². The first kappa shape index (κ1) is 22.5. The largest absolute Gasteiger partial charge is 0.481 e. The maximum Gasteiger partial charge on any atom is 0.338 e. The SMILES string of the molecule is CCOC(=O)c1cc(Cl)c(OCC(=O)N(CC2=CCSC2)c2ccccc2)c(Cl)c1. The first-order chi connectivity index (χ1) is 14.5. The van der Waals surface area contributed by atoms with Crippen molar-refractivity contribution in [2.75, 3.05) is 36.2 Å². The van der Waals surface area contributed by atoms with E-state index in [2.05, 4.69) is 6.08 Å². The Balaban J connectivity index is 1.74. The maximum absolute atomic E-state index is 13.0. The highest BCUT2D eigenvalue weighted by molar-refractivity contribution is 7.99. The molecule has 158 valence electrons. The maximum atomic E-state index is 13.0. The highest BCUT2D eigenvalue weighted by atomic mass is 35.5. The molecule has 0 atom stereocenters. The number of carbonyl (C=O) groups is 2. The first-order valence-electron chi connectivity index (χ1n) is 9.39. The zero-order valence-electron chi connectivity index (χ0n) is 16.4. The Morgan fingerprint density at radius 2 is 1.83 bits per heavy atom. The van der Waals surface area contributed by atoms with E-state index in [0.717, 1.165) is 17.2 Å². The van der Waals surface area contributed by atoms with Gasteiger partial charge in [0.25, 0.3) is 5.91 Å². The number of esters is 1. The molecule has 1 aliphatic rings. The van der Waals surface area contributed by atoms with Gasteiger partial charge in [0.1, 0.15) is 0 Å². The molecule has 1 heterocycles. The topological polar surface area (TPSA) is 55.8 Å². The second-order valence-corrected chi connectivity index (χ2v) is 8.32. The van der Waals surface area contributed by atoms with Gasteiger partial charge in [0.15, 0.2) is 12.4 Å². The van der Waals surface area contributed by atoms with Crippen LogP contribution in [0.25, 0.3) is 0 Å². The number of carbonyl (C=O) groups excluding carboxylic acids is 2. The minimum absolute atomic E-state index is 0.138. The molecule has 0 fully saturated rings. The summed E-state index contributed by atoms with van der Waals surface area (Å²) in [4.78, 5) is 26.6. The van der Waals surface area contributed by atoms with Gasteiger partial charge >= 0.3 is 5.97 Å². The zero-order chi connectivity index (χ0) is 21.5. The van der Waals surface area contributed by atoms with Crippen molar-refractivity contribution in [1.29, 1.82) is 0 Å². The standard InChI is InChI=1S/C22H21Cl2NO4S/c1-2-28-22(27)16-10-18(23)21(19(24)11-16)29-13-20(26)25(12-15-8-9-30-14-15)17-6-4-3-5-7-17/h3-8,10-11H,2,9,12-14H2,1H3. The van der Waals surface area contributed by atoms with Crippen molar-refractivity contribution in [3.05, 3.63) is 69.7 Å². The third kappa shape index (κ3) is 5.72. The summed E-state index contributed by atoms with van der Waals surface area (Å²) in [5.41, 5.74) is 2.22. The summed E-state index contributed by atoms with van der Waals surface area (Å²) in [6.07, 6.45) is 2.15. The van der Waals surface area contributed by atoms with Gasteiger partial charge in [0, 0.05) is 23.7 Å². The number of hydrogen-bond donors (Lipinski definition) is 0. The van der Waals surface area contributed by atoms with Gasteiger partial charge < -0.3 is 14.4 Å². The molecular formula is C22H21Cl2NO4S. The number of para-hydroxylation sites is 1. The van der Waals surface area contributed by atoms with Crippen molar-refractivity contribution >= 4 is 52.5 Å². The van der Waals surface area contributed by atoms with E-state index in [1.54, 1.807) is 11.8 Å². The van der Waals surface area contributed by atoms with Gasteiger partial charge in [-0.25, -0.2) is 4.79 Å². The van der Waals surface area contributed by atoms with Gasteiger partial charge in [-0.2, -0.15) is 11.8 Å². The van der Waals surface area contributed by atoms with Gasteiger partial charge in [-0.3, -0.25) is 4.79 Å². The molecule has 2 aromatic carbocycles. The van der Waals surface area contributed by atoms with Gasteiger partial charge in [0.05, 0.1) is 22.2 Å². The van der Waals surface area contributed by atoms with Crippen LogP contribution in [0.4, 0.5) is 5.69 Å². The number of thioether (sulfide) groups is 1. The molecule has 8 heteroatoms. The Morgan fingerprint density at radius 3 is 2.43 bits per heavy atom. The highest BCUT2D eigenvalue weighted by Gasteiger charge is 2.21. The molecule has 3 rings (SSSR count). The van der Waals surface area contributed by atoms with Crippen molar-refractivity contribution < 1.29 is 19.1 Å². The highest BCUT2D eigenvalue weighted by Crippen LogP contribution is 2.34. The number of benzene rings is 2. The molecule has 0 bridgehead atoms. The predicted molar refractivity (Wildman–Crippen MR) is 122 cm³/mol. The fourth-order valence-corrected chi connectivity index (χ4v) is 4.45. The Hall–Kier alpha value is -2.15. The molecule has 0 aromatic heterocycles. The van der Waals surface area contributed by atoms with Crippen LogP contribution in [0.2, 0.25) is 10.0 Å². The average molecular weight is 466 g/mol. The first-order valence-corrected chi connectivity index (χ1v) is 11.3. The molecule has 1 aliphatic heterocycles. The summed E-state index contributed by atoms with van der Waals surface area (Å²) in [5, 5.41) is 0.277. The summed E-state index contributed by atoms with van der Waals surface area (Å²) in [6.45, 7) is 2.21. The van der Waals surface area contributed by atoms with E-state index in [-0.39, 0.29) is 40.5 Å². The van der Waals surface area contributed by atoms with Crippen LogP contribution in [0.1, 0.15) is 17.3 Å². The second-order valence-electron chi connectivity index (χ2n) is 6.47. The van der Waals surface area contributed by atoms with Crippen LogP contribution in [-0.4, -0.2) is 43.1 Å². The average Bonchev–Trinajstić information content (AvgIpc) is 3.25. The van der Waals surface area contributed by atoms with Gasteiger partial charge in [0.2, 0.25) is 0 Å². The third-order valence-electron chi connectivity index (χ3n) is 4.36. The summed E-state index contributed by atoms with van der Waals surface area (Å²) in [5.74, 6) is 1.27. The summed E-state index contributed by atoms with van der Waals surface area (Å²) < 4.78 is 10.6. The minimum Gasteiger partial charge on any atom is -0.481 e. The van der Waals surface area contributed by atoms with Crippen molar-refractivity contribution in [2.24, 2.45) is 0 Å². The summed E-state index contributed by atoms with van der Waals surface area (Å²) in [6, 6.07) is 12.3. The van der Waals surface area contributed by atoms with E-state index in [1.165, 1.54) is 17.7 Å². The van der Waals surface area contributed by atoms with E-state index in [4.69, 9.17) is 32.7 Å². The molecule has 0 saturated heterocycles. The Kier molecular flexibility index (Phi) is 8.08. The number of halogens is 2. The lowest BCUT2D eigenvalue weighted by molar-refractivity contribution is -0.120. The van der Waals surface area contributed by atoms with E-state index >= 15 is 0 Å². The van der Waals surface area contributed by atoms with E-state index in [1.807, 2.05) is 42.1 Å². The van der Waals surface area contributed by atoms with Crippen molar-refractivity contribution in [2.45, 2.75) is 6.92 Å². The molecule has 0 saturated carbocycles. The third-order valence-corrected chi connectivity index (χ3v) is 5.90. The Morgan fingerprint density at radius 1 is 1.13 bits per heavy atom. The monoisotopic (exact) mass is 465 g/mol. The van der Waals surface area contributed by atoms with E-state index in [0.29, 0.717) is 6.54 Å². The summed E-state index contributed by atoms with van der Waals surface area (Å²) in [7, 11) is 0. The molecule has 2 aromatic rings. The van der Waals surface area contributed by atoms with Crippen LogP contribution in [0.15, 0.2) is 54.1 Å². The number of nitrogens with zero attached hydrogens (tertiary/aromatic N) is 1.